The van der Waals surface area contributed by atoms with Crippen molar-refractivity contribution >= 4 is 10.0 Å². The first-order chi connectivity index (χ1) is 9.85. The van der Waals surface area contributed by atoms with Gasteiger partial charge in [-0.3, -0.25) is 4.68 Å². The van der Waals surface area contributed by atoms with Gasteiger partial charge in [0.2, 0.25) is 10.0 Å². The molecule has 2 rings (SSSR count). The van der Waals surface area contributed by atoms with E-state index in [9.17, 15) is 8.42 Å². The third-order valence-corrected chi connectivity index (χ3v) is 5.80. The molecule has 0 aliphatic heterocycles. The summed E-state index contributed by atoms with van der Waals surface area (Å²) in [4.78, 5) is 0.346. The summed E-state index contributed by atoms with van der Waals surface area (Å²) in [6.45, 7) is 10.1. The van der Waals surface area contributed by atoms with E-state index >= 15 is 0 Å². The summed E-state index contributed by atoms with van der Waals surface area (Å²) >= 11 is 0. The maximum atomic E-state index is 12.5. The molecule has 0 atom stereocenters. The van der Waals surface area contributed by atoms with Crippen LogP contribution in [0.25, 0.3) is 0 Å². The Morgan fingerprint density at radius 2 is 2.00 bits per heavy atom. The van der Waals surface area contributed by atoms with Crippen LogP contribution in [0.4, 0.5) is 0 Å². The van der Waals surface area contributed by atoms with E-state index in [0.717, 1.165) is 25.9 Å². The fourth-order valence-electron chi connectivity index (χ4n) is 2.93. The van der Waals surface area contributed by atoms with Crippen LogP contribution in [-0.2, 0) is 16.6 Å². The van der Waals surface area contributed by atoms with E-state index in [1.165, 1.54) is 0 Å². The lowest BCUT2D eigenvalue weighted by Gasteiger charge is -2.32. The minimum absolute atomic E-state index is 0.0777. The zero-order valence-electron chi connectivity index (χ0n) is 13.3. The molecule has 0 saturated heterocycles. The van der Waals surface area contributed by atoms with Gasteiger partial charge in [0, 0.05) is 12.6 Å². The number of likely N-dealkylation sites (N-methyl/N-ethyl adjacent to an activating group) is 1. The minimum Gasteiger partial charge on any atom is -0.315 e. The van der Waals surface area contributed by atoms with Crippen LogP contribution in [0, 0.1) is 19.8 Å². The topological polar surface area (TPSA) is 76.0 Å². The number of rotatable bonds is 7. The summed E-state index contributed by atoms with van der Waals surface area (Å²) in [5, 5.41) is 7.59. The molecular formula is C14H26N4O2S. The lowest BCUT2D eigenvalue weighted by Crippen LogP contribution is -2.43. The highest BCUT2D eigenvalue weighted by Gasteiger charge is 2.32. The molecule has 21 heavy (non-hydrogen) atoms. The zero-order chi connectivity index (χ0) is 15.6. The molecule has 0 aromatic carbocycles. The highest BCUT2D eigenvalue weighted by molar-refractivity contribution is 7.89. The van der Waals surface area contributed by atoms with Gasteiger partial charge >= 0.3 is 0 Å². The van der Waals surface area contributed by atoms with Gasteiger partial charge in [0.1, 0.15) is 4.90 Å². The Morgan fingerprint density at radius 3 is 2.57 bits per heavy atom. The van der Waals surface area contributed by atoms with Crippen LogP contribution in [0.5, 0.6) is 0 Å². The summed E-state index contributed by atoms with van der Waals surface area (Å²) in [6.07, 6.45) is 1.85. The quantitative estimate of drug-likeness (QED) is 0.741. The molecule has 2 N–H and O–H groups in total. The third kappa shape index (κ3) is 3.64. The fourth-order valence-corrected chi connectivity index (χ4v) is 4.60. The normalized spacial score (nSPS) is 22.3. The largest absolute Gasteiger partial charge is 0.315 e. The SMILES string of the molecule is CCNCCn1nc(C)c(S(=O)(=O)NC2CC(C)C2)c1C. The molecule has 1 aromatic rings. The first-order valence-electron chi connectivity index (χ1n) is 7.62. The Kier molecular flexibility index (Phi) is 5.06. The zero-order valence-corrected chi connectivity index (χ0v) is 14.1. The summed E-state index contributed by atoms with van der Waals surface area (Å²) in [6, 6.07) is 0.0777. The van der Waals surface area contributed by atoms with E-state index in [-0.39, 0.29) is 6.04 Å². The van der Waals surface area contributed by atoms with Crippen molar-refractivity contribution in [3.8, 4) is 0 Å². The molecule has 0 spiro atoms. The van der Waals surface area contributed by atoms with Crippen LogP contribution in [0.15, 0.2) is 4.90 Å². The average Bonchev–Trinajstić information content (AvgIpc) is 2.63. The molecule has 120 valence electrons. The smallest absolute Gasteiger partial charge is 0.244 e. The highest BCUT2D eigenvalue weighted by Crippen LogP contribution is 2.29. The van der Waals surface area contributed by atoms with E-state index in [0.29, 0.717) is 28.7 Å². The molecular weight excluding hydrogens is 288 g/mol. The van der Waals surface area contributed by atoms with Crippen molar-refractivity contribution in [2.75, 3.05) is 13.1 Å². The van der Waals surface area contributed by atoms with Crippen LogP contribution in [0.3, 0.4) is 0 Å². The van der Waals surface area contributed by atoms with Crippen LogP contribution in [0.2, 0.25) is 0 Å². The Hall–Kier alpha value is -0.920. The van der Waals surface area contributed by atoms with Crippen molar-refractivity contribution in [2.45, 2.75) is 58.0 Å². The molecule has 0 bridgehead atoms. The lowest BCUT2D eigenvalue weighted by molar-refractivity contribution is 0.270. The number of hydrogen-bond donors (Lipinski definition) is 2. The lowest BCUT2D eigenvalue weighted by atomic mass is 9.83. The van der Waals surface area contributed by atoms with Gasteiger partial charge in [0.25, 0.3) is 0 Å². The predicted molar refractivity (Wildman–Crippen MR) is 82.8 cm³/mol. The van der Waals surface area contributed by atoms with Gasteiger partial charge in [-0.05, 0) is 39.2 Å². The maximum absolute atomic E-state index is 12.5. The number of nitrogens with zero attached hydrogens (tertiary/aromatic N) is 2. The van der Waals surface area contributed by atoms with Crippen molar-refractivity contribution < 1.29 is 8.42 Å². The molecule has 7 heteroatoms. The second kappa shape index (κ2) is 6.46. The molecule has 0 radical (unpaired) electrons. The van der Waals surface area contributed by atoms with Crippen LogP contribution >= 0.6 is 0 Å². The van der Waals surface area contributed by atoms with Gasteiger partial charge in [-0.1, -0.05) is 13.8 Å². The summed E-state index contributed by atoms with van der Waals surface area (Å²) in [5.41, 5.74) is 1.29. The van der Waals surface area contributed by atoms with E-state index < -0.39 is 10.0 Å². The van der Waals surface area contributed by atoms with Crippen molar-refractivity contribution in [2.24, 2.45) is 5.92 Å². The van der Waals surface area contributed by atoms with Gasteiger partial charge < -0.3 is 5.32 Å². The number of nitrogens with one attached hydrogen (secondary N) is 2. The second-order valence-corrected chi connectivity index (χ2v) is 7.62. The Balaban J connectivity index is 2.14. The predicted octanol–water partition coefficient (Wildman–Crippen LogP) is 1.19. The van der Waals surface area contributed by atoms with Gasteiger partial charge in [-0.2, -0.15) is 5.10 Å². The van der Waals surface area contributed by atoms with Gasteiger partial charge in [-0.15, -0.1) is 0 Å². The Bertz CT molecular complexity index is 588. The highest BCUT2D eigenvalue weighted by atomic mass is 32.2. The van der Waals surface area contributed by atoms with E-state index in [2.05, 4.69) is 22.1 Å². The van der Waals surface area contributed by atoms with Gasteiger partial charge in [0.05, 0.1) is 17.9 Å². The standard InChI is InChI=1S/C14H26N4O2S/c1-5-15-6-7-18-12(4)14(11(3)16-18)21(19,20)17-13-8-10(2)9-13/h10,13,15,17H,5-9H2,1-4H3. The van der Waals surface area contributed by atoms with E-state index in [1.54, 1.807) is 11.6 Å². The first kappa shape index (κ1) is 16.5. The maximum Gasteiger partial charge on any atom is 0.244 e. The summed E-state index contributed by atoms with van der Waals surface area (Å²) < 4.78 is 29.7. The monoisotopic (exact) mass is 314 g/mol. The van der Waals surface area contributed by atoms with Crippen molar-refractivity contribution in [1.29, 1.82) is 0 Å². The fraction of sp³-hybridized carbons (Fsp3) is 0.786. The Morgan fingerprint density at radius 1 is 1.33 bits per heavy atom. The second-order valence-electron chi connectivity index (χ2n) is 5.97. The van der Waals surface area contributed by atoms with Crippen molar-refractivity contribution in [3.05, 3.63) is 11.4 Å². The first-order valence-corrected chi connectivity index (χ1v) is 9.10. The molecule has 1 saturated carbocycles. The van der Waals surface area contributed by atoms with Gasteiger partial charge in [-0.25, -0.2) is 13.1 Å². The van der Waals surface area contributed by atoms with Crippen LogP contribution in [-0.4, -0.2) is 37.3 Å². The Labute approximate surface area is 127 Å². The number of aromatic nitrogens is 2. The molecule has 1 aromatic heterocycles. The molecule has 0 unspecified atom stereocenters. The summed E-state index contributed by atoms with van der Waals surface area (Å²) in [7, 11) is -3.47. The molecule has 6 nitrogen and oxygen atoms in total. The van der Waals surface area contributed by atoms with Crippen LogP contribution in [0.1, 0.15) is 38.1 Å². The molecule has 0 amide bonds. The van der Waals surface area contributed by atoms with Crippen molar-refractivity contribution in [1.82, 2.24) is 19.8 Å². The third-order valence-electron chi connectivity index (χ3n) is 4.03. The van der Waals surface area contributed by atoms with E-state index in [4.69, 9.17) is 0 Å². The van der Waals surface area contributed by atoms with Crippen molar-refractivity contribution in [3.63, 3.8) is 0 Å². The molecule has 1 heterocycles. The minimum atomic E-state index is -3.47. The van der Waals surface area contributed by atoms with Gasteiger partial charge in [0.15, 0.2) is 0 Å². The number of aryl methyl sites for hydroxylation is 1. The summed E-state index contributed by atoms with van der Waals surface area (Å²) in [5.74, 6) is 0.614. The number of hydrogen-bond acceptors (Lipinski definition) is 4. The molecule has 1 fully saturated rings. The van der Waals surface area contributed by atoms with Crippen LogP contribution < -0.4 is 10.0 Å². The molecule has 1 aliphatic carbocycles. The van der Waals surface area contributed by atoms with E-state index in [1.807, 2.05) is 13.8 Å². The average molecular weight is 314 g/mol. The molecule has 1 aliphatic rings. The number of sulfonamides is 1.